The van der Waals surface area contributed by atoms with Gasteiger partial charge in [-0.05, 0) is 68.7 Å². The average Bonchev–Trinajstić information content (AvgIpc) is 3.36. The number of hydrogen-bond acceptors (Lipinski definition) is 3. The van der Waals surface area contributed by atoms with E-state index in [1.807, 2.05) is 36.2 Å². The van der Waals surface area contributed by atoms with Crippen LogP contribution in [0.1, 0.15) is 48.9 Å². The summed E-state index contributed by atoms with van der Waals surface area (Å²) >= 11 is 0. The zero-order valence-electron chi connectivity index (χ0n) is 13.8. The molecule has 0 radical (unpaired) electrons. The first-order chi connectivity index (χ1) is 11.2. The molecule has 3 aliphatic rings. The Morgan fingerprint density at radius 3 is 2.39 bits per heavy atom. The number of nitrogens with zero attached hydrogens (tertiary/aromatic N) is 1. The van der Waals surface area contributed by atoms with Gasteiger partial charge >= 0.3 is 0 Å². The topological polar surface area (TPSA) is 41.6 Å². The second-order valence-electron chi connectivity index (χ2n) is 7.46. The van der Waals surface area contributed by atoms with Crippen LogP contribution in [0, 0.1) is 5.92 Å². The first-order valence-corrected chi connectivity index (χ1v) is 8.95. The third kappa shape index (κ3) is 3.37. The van der Waals surface area contributed by atoms with Gasteiger partial charge in [0.2, 0.25) is 0 Å². The van der Waals surface area contributed by atoms with Crippen LogP contribution in [0.4, 0.5) is 0 Å². The number of benzene rings is 1. The Morgan fingerprint density at radius 1 is 1.13 bits per heavy atom. The van der Waals surface area contributed by atoms with Crippen molar-refractivity contribution in [2.24, 2.45) is 5.92 Å². The highest BCUT2D eigenvalue weighted by Gasteiger charge is 2.36. The Bertz CT molecular complexity index is 555. The molecule has 2 saturated heterocycles. The minimum absolute atomic E-state index is 0.130. The lowest BCUT2D eigenvalue weighted by Gasteiger charge is -2.35. The van der Waals surface area contributed by atoms with Crippen LogP contribution in [-0.2, 0) is 0 Å². The van der Waals surface area contributed by atoms with E-state index in [9.17, 15) is 4.79 Å². The van der Waals surface area contributed by atoms with Crippen molar-refractivity contribution in [1.29, 1.82) is 0 Å². The molecule has 0 aromatic heterocycles. The summed E-state index contributed by atoms with van der Waals surface area (Å²) in [6.07, 6.45) is 7.27. The Morgan fingerprint density at radius 2 is 1.78 bits per heavy atom. The van der Waals surface area contributed by atoms with E-state index in [-0.39, 0.29) is 5.91 Å². The third-order valence-electron chi connectivity index (χ3n) is 5.60. The first-order valence-electron chi connectivity index (χ1n) is 8.95. The van der Waals surface area contributed by atoms with Crippen molar-refractivity contribution < 1.29 is 9.53 Å². The minimum atomic E-state index is 0.130. The molecular formula is C19H26N2O2. The van der Waals surface area contributed by atoms with Crippen molar-refractivity contribution in [2.75, 3.05) is 13.7 Å². The molecule has 1 aliphatic carbocycles. The van der Waals surface area contributed by atoms with Gasteiger partial charge in [0, 0.05) is 30.7 Å². The summed E-state index contributed by atoms with van der Waals surface area (Å²) in [5.41, 5.74) is 0.761. The van der Waals surface area contributed by atoms with Crippen LogP contribution in [0.25, 0.3) is 0 Å². The van der Waals surface area contributed by atoms with Gasteiger partial charge < -0.3 is 15.0 Å². The predicted octanol–water partition coefficient (Wildman–Crippen LogP) is 2.83. The van der Waals surface area contributed by atoms with Gasteiger partial charge in [-0.1, -0.05) is 0 Å². The summed E-state index contributed by atoms with van der Waals surface area (Å²) in [6.45, 7) is 0.811. The average molecular weight is 314 g/mol. The van der Waals surface area contributed by atoms with Crippen molar-refractivity contribution in [3.8, 4) is 5.75 Å². The molecule has 1 aromatic rings. The predicted molar refractivity (Wildman–Crippen MR) is 89.7 cm³/mol. The van der Waals surface area contributed by atoms with Gasteiger partial charge in [0.05, 0.1) is 6.61 Å². The van der Waals surface area contributed by atoms with Gasteiger partial charge in [0.15, 0.2) is 0 Å². The molecular weight excluding hydrogens is 288 g/mol. The van der Waals surface area contributed by atoms with E-state index in [4.69, 9.17) is 4.74 Å². The third-order valence-corrected chi connectivity index (χ3v) is 5.60. The molecule has 2 atom stereocenters. The van der Waals surface area contributed by atoms with E-state index >= 15 is 0 Å². The Kier molecular flexibility index (Phi) is 4.02. The highest BCUT2D eigenvalue weighted by Crippen LogP contribution is 2.31. The van der Waals surface area contributed by atoms with Crippen molar-refractivity contribution in [1.82, 2.24) is 10.2 Å². The molecule has 2 heterocycles. The molecule has 0 spiro atoms. The van der Waals surface area contributed by atoms with Crippen molar-refractivity contribution in [2.45, 2.75) is 56.7 Å². The molecule has 3 fully saturated rings. The monoisotopic (exact) mass is 314 g/mol. The fourth-order valence-corrected chi connectivity index (χ4v) is 3.91. The maximum Gasteiger partial charge on any atom is 0.253 e. The van der Waals surface area contributed by atoms with Crippen LogP contribution >= 0.6 is 0 Å². The summed E-state index contributed by atoms with van der Waals surface area (Å²) in [5, 5.41) is 3.63. The molecule has 1 saturated carbocycles. The number of piperidine rings is 1. The highest BCUT2D eigenvalue weighted by atomic mass is 16.5. The largest absolute Gasteiger partial charge is 0.493 e. The summed E-state index contributed by atoms with van der Waals surface area (Å²) in [5.74, 6) is 1.75. The van der Waals surface area contributed by atoms with Crippen LogP contribution in [0.3, 0.4) is 0 Å². The van der Waals surface area contributed by atoms with Crippen molar-refractivity contribution in [3.05, 3.63) is 29.8 Å². The van der Waals surface area contributed by atoms with Gasteiger partial charge in [-0.2, -0.15) is 0 Å². The number of rotatable bonds is 5. The van der Waals surface area contributed by atoms with E-state index in [0.29, 0.717) is 18.1 Å². The lowest BCUT2D eigenvalue weighted by atomic mass is 9.98. The second kappa shape index (κ2) is 6.16. The van der Waals surface area contributed by atoms with Gasteiger partial charge in [-0.3, -0.25) is 4.79 Å². The molecule has 2 bridgehead atoms. The lowest BCUT2D eigenvalue weighted by molar-refractivity contribution is 0.0681. The molecule has 23 heavy (non-hydrogen) atoms. The fourth-order valence-electron chi connectivity index (χ4n) is 3.91. The fraction of sp³-hybridized carbons (Fsp3) is 0.632. The number of fused-ring (bicyclic) bond motifs is 2. The van der Waals surface area contributed by atoms with Crippen LogP contribution in [-0.4, -0.2) is 42.6 Å². The van der Waals surface area contributed by atoms with Crippen molar-refractivity contribution >= 4 is 5.91 Å². The molecule has 4 heteroatoms. The highest BCUT2D eigenvalue weighted by molar-refractivity contribution is 5.94. The van der Waals surface area contributed by atoms with E-state index in [1.165, 1.54) is 25.7 Å². The maximum absolute atomic E-state index is 12.7. The Hall–Kier alpha value is -1.55. The molecule has 1 N–H and O–H groups in total. The number of carbonyl (C=O) groups excluding carboxylic acids is 1. The molecule has 124 valence electrons. The number of ether oxygens (including phenoxy) is 1. The smallest absolute Gasteiger partial charge is 0.253 e. The summed E-state index contributed by atoms with van der Waals surface area (Å²) in [6, 6.07) is 9.23. The number of hydrogen-bond donors (Lipinski definition) is 1. The van der Waals surface area contributed by atoms with Gasteiger partial charge in [-0.25, -0.2) is 0 Å². The minimum Gasteiger partial charge on any atom is -0.493 e. The summed E-state index contributed by atoms with van der Waals surface area (Å²) in [4.78, 5) is 14.7. The summed E-state index contributed by atoms with van der Waals surface area (Å²) < 4.78 is 5.74. The van der Waals surface area contributed by atoms with Gasteiger partial charge in [0.25, 0.3) is 5.91 Å². The van der Waals surface area contributed by atoms with E-state index < -0.39 is 0 Å². The molecule has 2 aliphatic heterocycles. The molecule has 4 nitrogen and oxygen atoms in total. The number of amides is 1. The SMILES string of the molecule is CN(C(=O)c1ccc(OCC2CC2)cc1)C1CC2CCC(C1)N2. The van der Waals surface area contributed by atoms with Crippen molar-refractivity contribution in [3.63, 3.8) is 0 Å². The molecule has 1 aromatic carbocycles. The molecule has 4 rings (SSSR count). The van der Waals surface area contributed by atoms with Gasteiger partial charge in [0.1, 0.15) is 5.75 Å². The maximum atomic E-state index is 12.7. The van der Waals surface area contributed by atoms with E-state index in [2.05, 4.69) is 5.32 Å². The summed E-state index contributed by atoms with van der Waals surface area (Å²) in [7, 11) is 1.95. The van der Waals surface area contributed by atoms with E-state index in [1.54, 1.807) is 0 Å². The van der Waals surface area contributed by atoms with E-state index in [0.717, 1.165) is 36.7 Å². The quantitative estimate of drug-likeness (QED) is 0.908. The standard InChI is InChI=1S/C19H26N2O2/c1-21(17-10-15-6-7-16(11-17)20-15)19(22)14-4-8-18(9-5-14)23-12-13-2-3-13/h4-5,8-9,13,15-17,20H,2-3,6-7,10-12H2,1H3. The Balaban J connectivity index is 1.37. The number of carbonyl (C=O) groups is 1. The Labute approximate surface area is 138 Å². The normalized spacial score (nSPS) is 29.3. The zero-order chi connectivity index (χ0) is 15.8. The molecule has 1 amide bonds. The van der Waals surface area contributed by atoms with Crippen LogP contribution in [0.2, 0.25) is 0 Å². The lowest BCUT2D eigenvalue weighted by Crippen LogP contribution is -2.48. The number of nitrogens with one attached hydrogen (secondary N) is 1. The molecule has 2 unspecified atom stereocenters. The van der Waals surface area contributed by atoms with Crippen LogP contribution < -0.4 is 10.1 Å². The zero-order valence-corrected chi connectivity index (χ0v) is 13.8. The van der Waals surface area contributed by atoms with Crippen LogP contribution in [0.5, 0.6) is 5.75 Å². The van der Waals surface area contributed by atoms with Crippen LogP contribution in [0.15, 0.2) is 24.3 Å². The van der Waals surface area contributed by atoms with Gasteiger partial charge in [-0.15, -0.1) is 0 Å². The first kappa shape index (κ1) is 15.0. The second-order valence-corrected chi connectivity index (χ2v) is 7.46.